The van der Waals surface area contributed by atoms with Crippen LogP contribution in [0.1, 0.15) is 17.9 Å². The second-order valence-corrected chi connectivity index (χ2v) is 7.32. The van der Waals surface area contributed by atoms with E-state index in [4.69, 9.17) is 0 Å². The molecule has 1 heterocycles. The summed E-state index contributed by atoms with van der Waals surface area (Å²) in [6, 6.07) is 9.19. The number of halogens is 1. The van der Waals surface area contributed by atoms with Crippen LogP contribution in [0, 0.1) is 5.82 Å². The lowest BCUT2D eigenvalue weighted by atomic mass is 9.98. The van der Waals surface area contributed by atoms with Crippen LogP contribution in [0.3, 0.4) is 0 Å². The number of phenols is 1. The molecule has 0 radical (unpaired) electrons. The summed E-state index contributed by atoms with van der Waals surface area (Å²) in [6.07, 6.45) is 0.906. The summed E-state index contributed by atoms with van der Waals surface area (Å²) >= 11 is 0. The van der Waals surface area contributed by atoms with Crippen molar-refractivity contribution in [3.63, 3.8) is 0 Å². The molecule has 1 fully saturated rings. The summed E-state index contributed by atoms with van der Waals surface area (Å²) in [5, 5.41) is 13.4. The molecule has 1 aliphatic heterocycles. The Labute approximate surface area is 128 Å². The third-order valence-electron chi connectivity index (χ3n) is 3.92. The zero-order valence-corrected chi connectivity index (χ0v) is 12.6. The fraction of sp³-hybridized carbons (Fsp3) is 0.250. The van der Waals surface area contributed by atoms with Crippen molar-refractivity contribution >= 4 is 9.84 Å². The van der Waals surface area contributed by atoms with Crippen molar-refractivity contribution in [1.82, 2.24) is 5.32 Å². The number of hydrogen-bond acceptors (Lipinski definition) is 4. The van der Waals surface area contributed by atoms with Gasteiger partial charge in [-0.3, -0.25) is 0 Å². The average molecular weight is 321 g/mol. The molecule has 2 aromatic carbocycles. The molecule has 0 unspecified atom stereocenters. The quantitative estimate of drug-likeness (QED) is 0.911. The molecule has 2 N–H and O–H groups in total. The Bertz CT molecular complexity index is 799. The molecule has 0 saturated carbocycles. The third kappa shape index (κ3) is 2.71. The summed E-state index contributed by atoms with van der Waals surface area (Å²) < 4.78 is 38.2. The van der Waals surface area contributed by atoms with Crippen LogP contribution in [0.25, 0.3) is 0 Å². The molecule has 22 heavy (non-hydrogen) atoms. The van der Waals surface area contributed by atoms with Crippen LogP contribution in [0.5, 0.6) is 5.75 Å². The maximum Gasteiger partial charge on any atom is 0.206 e. The lowest BCUT2D eigenvalue weighted by molar-refractivity contribution is 0.460. The number of sulfone groups is 1. The van der Waals surface area contributed by atoms with Gasteiger partial charge in [-0.2, -0.15) is 0 Å². The molecule has 0 aliphatic carbocycles. The van der Waals surface area contributed by atoms with Gasteiger partial charge in [-0.15, -0.1) is 0 Å². The Morgan fingerprint density at radius 1 is 1.14 bits per heavy atom. The summed E-state index contributed by atoms with van der Waals surface area (Å²) in [6.45, 7) is 1.65. The van der Waals surface area contributed by atoms with E-state index in [1.165, 1.54) is 30.3 Å². The topological polar surface area (TPSA) is 66.4 Å². The molecular formula is C16H16FNO3S. The van der Waals surface area contributed by atoms with Gasteiger partial charge in [-0.05, 0) is 48.9 Å². The van der Waals surface area contributed by atoms with Crippen LogP contribution in [0.15, 0.2) is 52.3 Å². The molecule has 0 amide bonds. The number of nitrogens with one attached hydrogen (secondary N) is 1. The molecule has 1 saturated heterocycles. The summed E-state index contributed by atoms with van der Waals surface area (Å²) in [5.41, 5.74) is 0.739. The third-order valence-corrected chi connectivity index (χ3v) is 5.67. The van der Waals surface area contributed by atoms with Crippen LogP contribution >= 0.6 is 0 Å². The highest BCUT2D eigenvalue weighted by Gasteiger charge is 2.23. The molecule has 0 spiro atoms. The molecule has 4 nitrogen and oxygen atoms in total. The van der Waals surface area contributed by atoms with Crippen LogP contribution in [-0.4, -0.2) is 26.6 Å². The fourth-order valence-corrected chi connectivity index (χ4v) is 4.04. The zero-order valence-electron chi connectivity index (χ0n) is 11.8. The first kappa shape index (κ1) is 15.0. The van der Waals surface area contributed by atoms with E-state index >= 15 is 0 Å². The highest BCUT2D eigenvalue weighted by molar-refractivity contribution is 7.91. The highest BCUT2D eigenvalue weighted by Crippen LogP contribution is 2.33. The Kier molecular flexibility index (Phi) is 3.88. The lowest BCUT2D eigenvalue weighted by Crippen LogP contribution is -2.08. The van der Waals surface area contributed by atoms with Gasteiger partial charge in [-0.1, -0.05) is 12.1 Å². The van der Waals surface area contributed by atoms with Crippen molar-refractivity contribution in [3.05, 3.63) is 53.8 Å². The summed E-state index contributed by atoms with van der Waals surface area (Å²) in [7, 11) is -3.84. The molecule has 116 valence electrons. The minimum atomic E-state index is -3.84. The number of rotatable bonds is 3. The fourth-order valence-electron chi connectivity index (χ4n) is 2.73. The van der Waals surface area contributed by atoms with E-state index in [0.717, 1.165) is 31.1 Å². The predicted octanol–water partition coefficient (Wildman–Crippen LogP) is 2.44. The van der Waals surface area contributed by atoms with Gasteiger partial charge in [0.15, 0.2) is 0 Å². The smallest absolute Gasteiger partial charge is 0.206 e. The maximum atomic E-state index is 13.2. The monoisotopic (exact) mass is 321 g/mol. The first-order chi connectivity index (χ1) is 10.5. The first-order valence-electron chi connectivity index (χ1n) is 7.03. The highest BCUT2D eigenvalue weighted by atomic mass is 32.2. The summed E-state index contributed by atoms with van der Waals surface area (Å²) in [4.78, 5) is -0.160. The van der Waals surface area contributed by atoms with E-state index in [-0.39, 0.29) is 21.5 Å². The average Bonchev–Trinajstić information content (AvgIpc) is 3.01. The largest absolute Gasteiger partial charge is 0.508 e. The number of benzene rings is 2. The van der Waals surface area contributed by atoms with E-state index in [0.29, 0.717) is 0 Å². The SMILES string of the molecule is O=S(=O)(c1cccc(F)c1)c1ccc([C@@H]2CCNC2)c(O)c1. The van der Waals surface area contributed by atoms with Crippen molar-refractivity contribution in [2.75, 3.05) is 13.1 Å². The lowest BCUT2D eigenvalue weighted by Gasteiger charge is -2.13. The minimum absolute atomic E-state index is 0.0359. The van der Waals surface area contributed by atoms with Gasteiger partial charge in [0.25, 0.3) is 0 Å². The standard InChI is InChI=1S/C16H16FNO3S/c17-12-2-1-3-13(8-12)22(20,21)14-4-5-15(16(19)9-14)11-6-7-18-10-11/h1-5,8-9,11,18-19H,6-7,10H2/t11-/m1/s1. The van der Waals surface area contributed by atoms with Crippen molar-refractivity contribution in [2.24, 2.45) is 0 Å². The van der Waals surface area contributed by atoms with Crippen molar-refractivity contribution in [2.45, 2.75) is 22.1 Å². The van der Waals surface area contributed by atoms with Crippen LogP contribution < -0.4 is 5.32 Å². The van der Waals surface area contributed by atoms with Crippen LogP contribution in [0.4, 0.5) is 4.39 Å². The molecule has 0 aromatic heterocycles. The van der Waals surface area contributed by atoms with Crippen LogP contribution in [-0.2, 0) is 9.84 Å². The van der Waals surface area contributed by atoms with E-state index in [9.17, 15) is 17.9 Å². The minimum Gasteiger partial charge on any atom is -0.508 e. The molecule has 6 heteroatoms. The second-order valence-electron chi connectivity index (χ2n) is 5.37. The molecule has 0 bridgehead atoms. The van der Waals surface area contributed by atoms with Gasteiger partial charge < -0.3 is 10.4 Å². The van der Waals surface area contributed by atoms with Gasteiger partial charge >= 0.3 is 0 Å². The van der Waals surface area contributed by atoms with Gasteiger partial charge in [0.1, 0.15) is 11.6 Å². The van der Waals surface area contributed by atoms with Crippen LogP contribution in [0.2, 0.25) is 0 Å². The number of hydrogen-bond donors (Lipinski definition) is 2. The van der Waals surface area contributed by atoms with Crippen molar-refractivity contribution in [3.8, 4) is 5.75 Å². The van der Waals surface area contributed by atoms with E-state index < -0.39 is 15.7 Å². The zero-order chi connectivity index (χ0) is 15.7. The normalized spacial score (nSPS) is 18.5. The van der Waals surface area contributed by atoms with Gasteiger partial charge in [0.2, 0.25) is 9.84 Å². The summed E-state index contributed by atoms with van der Waals surface area (Å²) in [5.74, 6) is -0.462. The number of aromatic hydroxyl groups is 1. The maximum absolute atomic E-state index is 13.2. The molecule has 3 rings (SSSR count). The second kappa shape index (κ2) is 5.70. The van der Waals surface area contributed by atoms with Crippen molar-refractivity contribution in [1.29, 1.82) is 0 Å². The van der Waals surface area contributed by atoms with Gasteiger partial charge in [0, 0.05) is 12.5 Å². The number of phenolic OH excluding ortho intramolecular Hbond substituents is 1. The predicted molar refractivity (Wildman–Crippen MR) is 80.2 cm³/mol. The van der Waals surface area contributed by atoms with Crippen molar-refractivity contribution < 1.29 is 17.9 Å². The molecule has 1 aliphatic rings. The Morgan fingerprint density at radius 3 is 2.55 bits per heavy atom. The van der Waals surface area contributed by atoms with Gasteiger partial charge in [0.05, 0.1) is 9.79 Å². The molecule has 2 aromatic rings. The molecule has 1 atom stereocenters. The van der Waals surface area contributed by atoms with E-state index in [1.807, 2.05) is 0 Å². The Balaban J connectivity index is 1.99. The van der Waals surface area contributed by atoms with E-state index in [2.05, 4.69) is 5.32 Å². The molecular weight excluding hydrogens is 305 g/mol. The Morgan fingerprint density at radius 2 is 1.91 bits per heavy atom. The Hall–Kier alpha value is -1.92. The van der Waals surface area contributed by atoms with E-state index in [1.54, 1.807) is 6.07 Å². The van der Waals surface area contributed by atoms with Gasteiger partial charge in [-0.25, -0.2) is 12.8 Å². The first-order valence-corrected chi connectivity index (χ1v) is 8.51.